The molecule has 27 heavy (non-hydrogen) atoms. The van der Waals surface area contributed by atoms with Gasteiger partial charge in [-0.3, -0.25) is 9.48 Å². The summed E-state index contributed by atoms with van der Waals surface area (Å²) in [5.74, 6) is 1.15. The van der Waals surface area contributed by atoms with E-state index in [2.05, 4.69) is 21.5 Å². The van der Waals surface area contributed by atoms with Crippen molar-refractivity contribution in [2.75, 3.05) is 13.1 Å². The number of hydrogen-bond acceptors (Lipinski definition) is 5. The maximum atomic E-state index is 13.6. The van der Waals surface area contributed by atoms with Gasteiger partial charge in [-0.15, -0.1) is 0 Å². The Morgan fingerprint density at radius 1 is 1.37 bits per heavy atom. The first kappa shape index (κ1) is 17.1. The van der Waals surface area contributed by atoms with E-state index in [-0.39, 0.29) is 36.4 Å². The fourth-order valence-corrected chi connectivity index (χ4v) is 6.73. The van der Waals surface area contributed by atoms with E-state index in [9.17, 15) is 14.4 Å². The monoisotopic (exact) mass is 372 g/mol. The molecule has 0 aromatic carbocycles. The van der Waals surface area contributed by atoms with Crippen molar-refractivity contribution in [3.63, 3.8) is 0 Å². The molecular weight excluding hydrogens is 347 g/mol. The van der Waals surface area contributed by atoms with Crippen molar-refractivity contribution in [2.45, 2.75) is 62.8 Å². The zero-order valence-corrected chi connectivity index (χ0v) is 15.4. The minimum atomic E-state index is -1.08. The van der Waals surface area contributed by atoms with Crippen LogP contribution in [0.3, 0.4) is 0 Å². The molecule has 1 amide bonds. The Balaban J connectivity index is 1.27. The summed E-state index contributed by atoms with van der Waals surface area (Å²) in [7, 11) is 0. The molecule has 0 radical (unpaired) electrons. The van der Waals surface area contributed by atoms with Gasteiger partial charge in [0.1, 0.15) is 24.9 Å². The number of carbonyl (C=O) groups is 1. The number of halogens is 1. The van der Waals surface area contributed by atoms with Crippen LogP contribution in [-0.4, -0.2) is 56.4 Å². The van der Waals surface area contributed by atoms with E-state index < -0.39 is 12.2 Å². The molecule has 5 aliphatic rings. The van der Waals surface area contributed by atoms with Crippen LogP contribution >= 0.6 is 0 Å². The molecule has 4 aliphatic carbocycles. The Labute approximate surface area is 157 Å². The number of alkyl halides is 1. The number of nitriles is 1. The van der Waals surface area contributed by atoms with Gasteiger partial charge in [-0.2, -0.15) is 10.4 Å². The number of amides is 1. The summed E-state index contributed by atoms with van der Waals surface area (Å²) in [6.45, 7) is 1.14. The Morgan fingerprint density at radius 3 is 3.04 bits per heavy atom. The molecule has 4 unspecified atom stereocenters. The van der Waals surface area contributed by atoms with Crippen LogP contribution < -0.4 is 5.32 Å². The summed E-state index contributed by atoms with van der Waals surface area (Å²) in [6.07, 6.45) is 8.24. The predicted octanol–water partition coefficient (Wildman–Crippen LogP) is 1.28. The lowest BCUT2D eigenvalue weighted by Crippen LogP contribution is -2.52. The summed E-state index contributed by atoms with van der Waals surface area (Å²) in [5.41, 5.74) is 0.249. The van der Waals surface area contributed by atoms with Gasteiger partial charge in [-0.05, 0) is 49.4 Å². The second-order valence-electron chi connectivity index (χ2n) is 9.21. The first-order chi connectivity index (χ1) is 13.0. The number of rotatable bonds is 5. The van der Waals surface area contributed by atoms with Gasteiger partial charge in [0, 0.05) is 18.5 Å². The van der Waals surface area contributed by atoms with Crippen LogP contribution in [0.25, 0.3) is 0 Å². The van der Waals surface area contributed by atoms with E-state index in [1.807, 2.05) is 4.68 Å². The van der Waals surface area contributed by atoms with Crippen LogP contribution in [0.2, 0.25) is 0 Å². The minimum absolute atomic E-state index is 0.0101. The van der Waals surface area contributed by atoms with Gasteiger partial charge >= 0.3 is 0 Å². The van der Waals surface area contributed by atoms with E-state index in [1.165, 1.54) is 24.2 Å². The second-order valence-corrected chi connectivity index (χ2v) is 9.21. The third-order valence-corrected chi connectivity index (χ3v) is 7.42. The van der Waals surface area contributed by atoms with Crippen LogP contribution in [-0.2, 0) is 11.3 Å². The molecule has 6 atom stereocenters. The smallest absolute Gasteiger partial charge is 0.237 e. The molecule has 1 aliphatic heterocycles. The normalized spacial score (nSPS) is 42.0. The average Bonchev–Trinajstić information content (AvgIpc) is 3.36. The molecular formula is C19H25FN6O. The molecule has 4 bridgehead atoms. The Morgan fingerprint density at radius 2 is 2.26 bits per heavy atom. The quantitative estimate of drug-likeness (QED) is 0.841. The minimum Gasteiger partial charge on any atom is -0.323 e. The zero-order valence-electron chi connectivity index (χ0n) is 15.4. The first-order valence-corrected chi connectivity index (χ1v) is 9.91. The largest absolute Gasteiger partial charge is 0.323 e. The molecule has 1 saturated heterocycles. The van der Waals surface area contributed by atoms with Crippen molar-refractivity contribution >= 4 is 5.91 Å². The van der Waals surface area contributed by atoms with Crippen molar-refractivity contribution in [1.29, 1.82) is 5.26 Å². The van der Waals surface area contributed by atoms with Gasteiger partial charge in [-0.1, -0.05) is 0 Å². The second kappa shape index (κ2) is 5.99. The molecule has 144 valence electrons. The topological polar surface area (TPSA) is 86.8 Å². The summed E-state index contributed by atoms with van der Waals surface area (Å²) < 4.78 is 15.6. The van der Waals surface area contributed by atoms with Gasteiger partial charge in [0.05, 0.1) is 19.2 Å². The maximum Gasteiger partial charge on any atom is 0.237 e. The van der Waals surface area contributed by atoms with Gasteiger partial charge in [0.15, 0.2) is 0 Å². The van der Waals surface area contributed by atoms with Gasteiger partial charge < -0.3 is 10.2 Å². The number of hydrogen-bond donors (Lipinski definition) is 1. The Kier molecular flexibility index (Phi) is 3.80. The molecule has 5 fully saturated rings. The van der Waals surface area contributed by atoms with Crippen LogP contribution in [0, 0.1) is 28.6 Å². The average molecular weight is 372 g/mol. The highest BCUT2D eigenvalue weighted by Gasteiger charge is 2.63. The summed E-state index contributed by atoms with van der Waals surface area (Å²) in [5, 5.41) is 17.1. The predicted molar refractivity (Wildman–Crippen MR) is 93.9 cm³/mol. The number of nitrogens with one attached hydrogen (secondary N) is 1. The Bertz CT molecular complexity index is 778. The van der Waals surface area contributed by atoms with Crippen molar-refractivity contribution in [3.8, 4) is 6.07 Å². The molecule has 2 heterocycles. The van der Waals surface area contributed by atoms with E-state index in [0.29, 0.717) is 11.8 Å². The molecule has 4 saturated carbocycles. The fourth-order valence-electron chi connectivity index (χ4n) is 6.73. The molecule has 1 aromatic heterocycles. The van der Waals surface area contributed by atoms with Crippen molar-refractivity contribution in [3.05, 3.63) is 12.7 Å². The Hall–Kier alpha value is -2.01. The van der Waals surface area contributed by atoms with Crippen molar-refractivity contribution in [2.24, 2.45) is 17.3 Å². The summed E-state index contributed by atoms with van der Waals surface area (Å²) in [6, 6.07) is 1.44. The van der Waals surface area contributed by atoms with Crippen molar-refractivity contribution in [1.82, 2.24) is 25.0 Å². The van der Waals surface area contributed by atoms with Crippen LogP contribution in [0.5, 0.6) is 0 Å². The van der Waals surface area contributed by atoms with Crippen molar-refractivity contribution < 1.29 is 9.18 Å². The third-order valence-electron chi connectivity index (χ3n) is 7.42. The zero-order chi connectivity index (χ0) is 18.6. The number of nitrogens with zero attached hydrogens (tertiary/aromatic N) is 5. The van der Waals surface area contributed by atoms with Gasteiger partial charge in [0.25, 0.3) is 0 Å². The van der Waals surface area contributed by atoms with Crippen LogP contribution in [0.15, 0.2) is 12.7 Å². The molecule has 6 rings (SSSR count). The van der Waals surface area contributed by atoms with Crippen LogP contribution in [0.1, 0.15) is 38.5 Å². The van der Waals surface area contributed by atoms with Crippen LogP contribution in [0.4, 0.5) is 4.39 Å². The highest BCUT2D eigenvalue weighted by Crippen LogP contribution is 2.66. The van der Waals surface area contributed by atoms with E-state index >= 15 is 0 Å². The molecule has 1 N–H and O–H groups in total. The SMILES string of the molecule is N#C[C@@H]1C[C@H](F)CN1C(=O)CNC12CC3CC1CC(Cn1cncn1)(C3)C2. The molecule has 8 heteroatoms. The van der Waals surface area contributed by atoms with Gasteiger partial charge in [-0.25, -0.2) is 9.37 Å². The molecule has 0 spiro atoms. The lowest BCUT2D eigenvalue weighted by molar-refractivity contribution is -0.130. The highest BCUT2D eigenvalue weighted by molar-refractivity contribution is 5.79. The molecule has 7 nitrogen and oxygen atoms in total. The third kappa shape index (κ3) is 2.75. The first-order valence-electron chi connectivity index (χ1n) is 9.91. The standard InChI is InChI=1S/C19H25FN6O/c20-15-2-16(6-21)26(8-15)17(27)7-23-19-4-13-1-14(19)5-18(3-13,9-19)10-25-12-22-11-24-25/h11-16,23H,1-5,7-10H2/t13?,14?,15-,16-,18?,19?/m0/s1. The van der Waals surface area contributed by atoms with E-state index in [4.69, 9.17) is 0 Å². The lowest BCUT2D eigenvalue weighted by atomic mass is 9.68. The summed E-state index contributed by atoms with van der Waals surface area (Å²) >= 11 is 0. The summed E-state index contributed by atoms with van der Waals surface area (Å²) in [4.78, 5) is 18.1. The maximum absolute atomic E-state index is 13.6. The number of aromatic nitrogens is 3. The van der Waals surface area contributed by atoms with Gasteiger partial charge in [0.2, 0.25) is 5.91 Å². The number of carbonyl (C=O) groups excluding carboxylic acids is 1. The van der Waals surface area contributed by atoms with E-state index in [0.717, 1.165) is 19.4 Å². The number of likely N-dealkylation sites (tertiary alicyclic amines) is 1. The van der Waals surface area contributed by atoms with E-state index in [1.54, 1.807) is 12.7 Å². The highest BCUT2D eigenvalue weighted by atomic mass is 19.1. The molecule has 1 aromatic rings. The lowest BCUT2D eigenvalue weighted by Gasteiger charge is -2.41. The fraction of sp³-hybridized carbons (Fsp3) is 0.789.